The molecule has 0 bridgehead atoms. The van der Waals surface area contributed by atoms with Crippen molar-refractivity contribution in [3.8, 4) is 0 Å². The van der Waals surface area contributed by atoms with Crippen LogP contribution in [0.2, 0.25) is 0 Å². The zero-order valence-corrected chi connectivity index (χ0v) is 9.12. The lowest BCUT2D eigenvalue weighted by Gasteiger charge is -2.39. The molecule has 2 rings (SSSR count). The Labute approximate surface area is 85.6 Å². The lowest BCUT2D eigenvalue weighted by Crippen LogP contribution is -2.46. The summed E-state index contributed by atoms with van der Waals surface area (Å²) in [6.07, 6.45) is 7.63. The normalized spacial score (nSPS) is 30.2. The summed E-state index contributed by atoms with van der Waals surface area (Å²) in [7, 11) is 0. The lowest BCUT2D eigenvalue weighted by atomic mass is 9.97. The first-order valence-electron chi connectivity index (χ1n) is 5.25. The Morgan fingerprint density at radius 1 is 1.57 bits per heavy atom. The van der Waals surface area contributed by atoms with Crippen molar-refractivity contribution in [2.24, 2.45) is 5.73 Å². The molecule has 0 saturated heterocycles. The van der Waals surface area contributed by atoms with Crippen LogP contribution >= 0.6 is 0 Å². The third-order valence-corrected chi connectivity index (χ3v) is 3.39. The maximum atomic E-state index is 5.76. The van der Waals surface area contributed by atoms with Crippen molar-refractivity contribution < 1.29 is 0 Å². The van der Waals surface area contributed by atoms with Crippen LogP contribution in [0.15, 0.2) is 24.2 Å². The van der Waals surface area contributed by atoms with Crippen molar-refractivity contribution in [3.63, 3.8) is 0 Å². The SMILES string of the molecule is CCC(C)(C)N1C=CC2NC(N)=CC21. The summed E-state index contributed by atoms with van der Waals surface area (Å²) in [4.78, 5) is 2.39. The molecule has 2 aliphatic rings. The summed E-state index contributed by atoms with van der Waals surface area (Å²) in [6, 6.07) is 0.783. The molecule has 0 saturated carbocycles. The highest BCUT2D eigenvalue weighted by molar-refractivity contribution is 5.27. The van der Waals surface area contributed by atoms with Crippen molar-refractivity contribution in [2.45, 2.75) is 44.8 Å². The number of nitrogens with two attached hydrogens (primary N) is 1. The van der Waals surface area contributed by atoms with Crippen LogP contribution in [-0.4, -0.2) is 22.5 Å². The zero-order valence-electron chi connectivity index (χ0n) is 9.12. The molecule has 0 radical (unpaired) electrons. The molecule has 3 nitrogen and oxygen atoms in total. The van der Waals surface area contributed by atoms with Crippen LogP contribution in [0.5, 0.6) is 0 Å². The first-order valence-corrected chi connectivity index (χ1v) is 5.25. The minimum atomic E-state index is 0.207. The third kappa shape index (κ3) is 1.27. The van der Waals surface area contributed by atoms with Crippen LogP contribution in [0, 0.1) is 0 Å². The fraction of sp³-hybridized carbons (Fsp3) is 0.636. The molecule has 0 aromatic carbocycles. The average Bonchev–Trinajstić information content (AvgIpc) is 2.62. The quantitative estimate of drug-likeness (QED) is 0.691. The molecule has 0 aromatic rings. The van der Waals surface area contributed by atoms with Gasteiger partial charge in [-0.2, -0.15) is 0 Å². The number of rotatable bonds is 2. The smallest absolute Gasteiger partial charge is 0.0946 e. The molecule has 14 heavy (non-hydrogen) atoms. The van der Waals surface area contributed by atoms with E-state index in [1.165, 1.54) is 0 Å². The second kappa shape index (κ2) is 2.94. The topological polar surface area (TPSA) is 41.3 Å². The van der Waals surface area contributed by atoms with Crippen molar-refractivity contribution in [3.05, 3.63) is 24.2 Å². The van der Waals surface area contributed by atoms with E-state index in [4.69, 9.17) is 5.73 Å². The predicted octanol–water partition coefficient (Wildman–Crippen LogP) is 1.14. The van der Waals surface area contributed by atoms with Gasteiger partial charge in [0.2, 0.25) is 0 Å². The summed E-state index contributed by atoms with van der Waals surface area (Å²) in [5.74, 6) is 0.807. The summed E-state index contributed by atoms with van der Waals surface area (Å²) in [6.45, 7) is 6.75. The molecule has 2 atom stereocenters. The van der Waals surface area contributed by atoms with Gasteiger partial charge < -0.3 is 16.0 Å². The van der Waals surface area contributed by atoms with Gasteiger partial charge in [0.25, 0.3) is 0 Å². The standard InChI is InChI=1S/C11H19N3/c1-4-11(2,3)14-6-5-8-9(14)7-10(12)13-8/h5-9,13H,4,12H2,1-3H3. The zero-order chi connectivity index (χ0) is 10.3. The summed E-state index contributed by atoms with van der Waals surface area (Å²) in [5, 5.41) is 3.25. The van der Waals surface area contributed by atoms with Crippen LogP contribution in [0.1, 0.15) is 27.2 Å². The van der Waals surface area contributed by atoms with Gasteiger partial charge in [0.1, 0.15) is 0 Å². The molecule has 0 spiro atoms. The molecule has 78 valence electrons. The largest absolute Gasteiger partial charge is 0.386 e. The minimum Gasteiger partial charge on any atom is -0.386 e. The van der Waals surface area contributed by atoms with Crippen molar-refractivity contribution >= 4 is 0 Å². The highest BCUT2D eigenvalue weighted by atomic mass is 15.3. The Morgan fingerprint density at radius 2 is 2.29 bits per heavy atom. The Kier molecular flexibility index (Phi) is 1.98. The second-order valence-corrected chi connectivity index (χ2v) is 4.70. The van der Waals surface area contributed by atoms with E-state index in [1.54, 1.807) is 0 Å². The van der Waals surface area contributed by atoms with Gasteiger partial charge in [-0.05, 0) is 38.6 Å². The molecule has 0 aliphatic carbocycles. The number of hydrogen-bond acceptors (Lipinski definition) is 3. The van der Waals surface area contributed by atoms with Crippen molar-refractivity contribution in [1.29, 1.82) is 0 Å². The Hall–Kier alpha value is -1.12. The number of nitrogens with zero attached hydrogens (tertiary/aromatic N) is 1. The fourth-order valence-corrected chi connectivity index (χ4v) is 2.10. The molecule has 0 amide bonds. The van der Waals surface area contributed by atoms with Crippen LogP contribution < -0.4 is 11.1 Å². The molecule has 2 aliphatic heterocycles. The highest BCUT2D eigenvalue weighted by Crippen LogP contribution is 2.31. The van der Waals surface area contributed by atoms with Gasteiger partial charge in [0.15, 0.2) is 0 Å². The van der Waals surface area contributed by atoms with E-state index in [0.29, 0.717) is 12.1 Å². The fourth-order valence-electron chi connectivity index (χ4n) is 2.10. The van der Waals surface area contributed by atoms with E-state index in [0.717, 1.165) is 12.2 Å². The highest BCUT2D eigenvalue weighted by Gasteiger charge is 2.38. The first kappa shape index (κ1) is 9.44. The minimum absolute atomic E-state index is 0.207. The van der Waals surface area contributed by atoms with Gasteiger partial charge in [-0.15, -0.1) is 0 Å². The predicted molar refractivity (Wildman–Crippen MR) is 58.3 cm³/mol. The maximum Gasteiger partial charge on any atom is 0.0946 e. The van der Waals surface area contributed by atoms with Gasteiger partial charge in [-0.1, -0.05) is 6.92 Å². The average molecular weight is 193 g/mol. The molecule has 2 heterocycles. The monoisotopic (exact) mass is 193 g/mol. The number of fused-ring (bicyclic) bond motifs is 1. The first-order chi connectivity index (χ1) is 6.54. The molecule has 2 unspecified atom stereocenters. The summed E-state index contributed by atoms with van der Waals surface area (Å²) in [5.41, 5.74) is 5.97. The van der Waals surface area contributed by atoms with Gasteiger partial charge >= 0.3 is 0 Å². The molecular formula is C11H19N3. The molecule has 3 N–H and O–H groups in total. The van der Waals surface area contributed by atoms with Crippen LogP contribution in [0.4, 0.5) is 0 Å². The summed E-state index contributed by atoms with van der Waals surface area (Å²) < 4.78 is 0. The third-order valence-electron chi connectivity index (χ3n) is 3.39. The Morgan fingerprint density at radius 3 is 2.93 bits per heavy atom. The van der Waals surface area contributed by atoms with E-state index >= 15 is 0 Å². The van der Waals surface area contributed by atoms with E-state index < -0.39 is 0 Å². The number of hydrogen-bond donors (Lipinski definition) is 2. The number of nitrogens with one attached hydrogen (secondary N) is 1. The maximum absolute atomic E-state index is 5.76. The van der Waals surface area contributed by atoms with Crippen molar-refractivity contribution in [2.75, 3.05) is 0 Å². The van der Waals surface area contributed by atoms with Gasteiger partial charge in [0, 0.05) is 5.54 Å². The molecule has 0 aromatic heterocycles. The van der Waals surface area contributed by atoms with E-state index in [1.807, 2.05) is 0 Å². The Bertz CT molecular complexity index is 291. The summed E-state index contributed by atoms with van der Waals surface area (Å²) >= 11 is 0. The van der Waals surface area contributed by atoms with Crippen molar-refractivity contribution in [1.82, 2.24) is 10.2 Å². The van der Waals surface area contributed by atoms with Crippen LogP contribution in [0.3, 0.4) is 0 Å². The molecule has 3 heteroatoms. The van der Waals surface area contributed by atoms with Gasteiger partial charge in [0.05, 0.1) is 17.9 Å². The van der Waals surface area contributed by atoms with Crippen LogP contribution in [-0.2, 0) is 0 Å². The molecular weight excluding hydrogens is 174 g/mol. The van der Waals surface area contributed by atoms with E-state index in [9.17, 15) is 0 Å². The Balaban J connectivity index is 2.19. The lowest BCUT2D eigenvalue weighted by molar-refractivity contribution is 0.156. The van der Waals surface area contributed by atoms with E-state index in [-0.39, 0.29) is 5.54 Å². The second-order valence-electron chi connectivity index (χ2n) is 4.70. The van der Waals surface area contributed by atoms with Crippen LogP contribution in [0.25, 0.3) is 0 Å². The van der Waals surface area contributed by atoms with Gasteiger partial charge in [-0.3, -0.25) is 0 Å². The molecule has 0 fully saturated rings. The van der Waals surface area contributed by atoms with Gasteiger partial charge in [-0.25, -0.2) is 0 Å². The van der Waals surface area contributed by atoms with E-state index in [2.05, 4.69) is 49.3 Å².